The lowest BCUT2D eigenvalue weighted by molar-refractivity contribution is -0.128. The van der Waals surface area contributed by atoms with E-state index in [9.17, 15) is 9.59 Å². The highest BCUT2D eigenvalue weighted by atomic mass is 79.9. The third kappa shape index (κ3) is 4.03. The van der Waals surface area contributed by atoms with Crippen molar-refractivity contribution in [2.24, 2.45) is 5.92 Å². The van der Waals surface area contributed by atoms with E-state index in [1.165, 1.54) is 5.56 Å². The van der Waals surface area contributed by atoms with E-state index in [-0.39, 0.29) is 24.2 Å². The minimum absolute atomic E-state index is 0.0539. The number of amides is 2. The molecule has 0 radical (unpaired) electrons. The monoisotopic (exact) mass is 386 g/mol. The summed E-state index contributed by atoms with van der Waals surface area (Å²) in [6.07, 6.45) is 1.09. The largest absolute Gasteiger partial charge is 0.342 e. The molecule has 2 amide bonds. The molecule has 1 N–H and O–H groups in total. The van der Waals surface area contributed by atoms with Crippen molar-refractivity contribution >= 4 is 33.4 Å². The molecular weight excluding hydrogens is 368 g/mol. The smallest absolute Gasteiger partial charge is 0.229 e. The molecule has 0 aliphatic carbocycles. The van der Waals surface area contributed by atoms with E-state index >= 15 is 0 Å². The Morgan fingerprint density at radius 3 is 2.58 bits per heavy atom. The van der Waals surface area contributed by atoms with Crippen LogP contribution in [0.15, 0.2) is 59.1 Å². The average Bonchev–Trinajstić information content (AvgIpc) is 2.97. The van der Waals surface area contributed by atoms with E-state index in [0.29, 0.717) is 13.1 Å². The number of para-hydroxylation sites is 1. The van der Waals surface area contributed by atoms with Crippen LogP contribution in [0, 0.1) is 5.92 Å². The molecular formula is C19H19BrN2O2. The fourth-order valence-electron chi connectivity index (χ4n) is 2.87. The van der Waals surface area contributed by atoms with Crippen LogP contribution in [0.2, 0.25) is 0 Å². The van der Waals surface area contributed by atoms with Crippen molar-refractivity contribution in [3.8, 4) is 0 Å². The van der Waals surface area contributed by atoms with E-state index in [1.54, 1.807) is 4.90 Å². The number of halogens is 1. The molecule has 24 heavy (non-hydrogen) atoms. The summed E-state index contributed by atoms with van der Waals surface area (Å²) in [4.78, 5) is 26.4. The van der Waals surface area contributed by atoms with Gasteiger partial charge in [0, 0.05) is 24.0 Å². The number of nitrogens with one attached hydrogen (secondary N) is 1. The van der Waals surface area contributed by atoms with E-state index in [0.717, 1.165) is 16.6 Å². The first-order valence-electron chi connectivity index (χ1n) is 8.00. The van der Waals surface area contributed by atoms with Crippen molar-refractivity contribution in [3.05, 3.63) is 64.6 Å². The molecule has 2 aromatic rings. The van der Waals surface area contributed by atoms with Crippen LogP contribution in [0.25, 0.3) is 0 Å². The normalized spacial score (nSPS) is 17.1. The van der Waals surface area contributed by atoms with Gasteiger partial charge in [-0.1, -0.05) is 42.5 Å². The summed E-state index contributed by atoms with van der Waals surface area (Å²) >= 11 is 3.42. The Balaban J connectivity index is 1.56. The van der Waals surface area contributed by atoms with Crippen LogP contribution >= 0.6 is 15.9 Å². The van der Waals surface area contributed by atoms with Crippen molar-refractivity contribution in [1.82, 2.24) is 4.90 Å². The quantitative estimate of drug-likeness (QED) is 0.854. The third-order valence-corrected chi connectivity index (χ3v) is 4.92. The molecule has 1 saturated heterocycles. The van der Waals surface area contributed by atoms with Gasteiger partial charge in [0.1, 0.15) is 0 Å². The topological polar surface area (TPSA) is 49.4 Å². The molecule has 1 fully saturated rings. The molecule has 5 heteroatoms. The summed E-state index contributed by atoms with van der Waals surface area (Å²) in [5, 5.41) is 2.90. The van der Waals surface area contributed by atoms with E-state index < -0.39 is 0 Å². The standard InChI is InChI=1S/C19H19BrN2O2/c20-16-8-4-5-9-17(16)21-19(24)15-12-18(23)22(13-15)11-10-14-6-2-1-3-7-14/h1-9,15H,10-13H2,(H,21,24). The molecule has 0 saturated carbocycles. The van der Waals surface area contributed by atoms with Gasteiger partial charge < -0.3 is 10.2 Å². The highest BCUT2D eigenvalue weighted by molar-refractivity contribution is 9.10. The summed E-state index contributed by atoms with van der Waals surface area (Å²) in [6.45, 7) is 1.14. The van der Waals surface area contributed by atoms with Crippen molar-refractivity contribution < 1.29 is 9.59 Å². The van der Waals surface area contributed by atoms with Crippen LogP contribution in [0.3, 0.4) is 0 Å². The van der Waals surface area contributed by atoms with Crippen LogP contribution in [0.4, 0.5) is 5.69 Å². The Morgan fingerprint density at radius 1 is 1.12 bits per heavy atom. The van der Waals surface area contributed by atoms with Gasteiger partial charge in [0.25, 0.3) is 0 Å². The van der Waals surface area contributed by atoms with Crippen LogP contribution in [-0.4, -0.2) is 29.8 Å². The number of rotatable bonds is 5. The zero-order valence-electron chi connectivity index (χ0n) is 13.2. The van der Waals surface area contributed by atoms with Crippen LogP contribution in [0.1, 0.15) is 12.0 Å². The Kier molecular flexibility index (Phi) is 5.30. The predicted molar refractivity (Wildman–Crippen MR) is 97.6 cm³/mol. The van der Waals surface area contributed by atoms with E-state index in [1.807, 2.05) is 42.5 Å². The summed E-state index contributed by atoms with van der Waals surface area (Å²) in [6, 6.07) is 17.6. The molecule has 1 aliphatic rings. The predicted octanol–water partition coefficient (Wildman–Crippen LogP) is 3.48. The van der Waals surface area contributed by atoms with Crippen LogP contribution < -0.4 is 5.32 Å². The fraction of sp³-hybridized carbons (Fsp3) is 0.263. The maximum absolute atomic E-state index is 12.4. The van der Waals surface area contributed by atoms with Gasteiger partial charge in [0.05, 0.1) is 11.6 Å². The second kappa shape index (κ2) is 7.62. The number of carbonyl (C=O) groups excluding carboxylic acids is 2. The minimum Gasteiger partial charge on any atom is -0.342 e. The van der Waals surface area contributed by atoms with Crippen LogP contribution in [0.5, 0.6) is 0 Å². The molecule has 0 aromatic heterocycles. The molecule has 1 heterocycles. The summed E-state index contributed by atoms with van der Waals surface area (Å²) in [5.74, 6) is -0.337. The second-order valence-electron chi connectivity index (χ2n) is 5.95. The number of benzene rings is 2. The Hall–Kier alpha value is -2.14. The van der Waals surface area contributed by atoms with Gasteiger partial charge in [-0.25, -0.2) is 0 Å². The summed E-state index contributed by atoms with van der Waals surface area (Å²) < 4.78 is 0.837. The molecule has 124 valence electrons. The zero-order valence-corrected chi connectivity index (χ0v) is 14.8. The first-order valence-corrected chi connectivity index (χ1v) is 8.80. The first-order chi connectivity index (χ1) is 11.6. The van der Waals surface area contributed by atoms with E-state index in [2.05, 4.69) is 33.4 Å². The van der Waals surface area contributed by atoms with Crippen molar-refractivity contribution in [2.45, 2.75) is 12.8 Å². The van der Waals surface area contributed by atoms with Gasteiger partial charge >= 0.3 is 0 Å². The number of hydrogen-bond donors (Lipinski definition) is 1. The SMILES string of the molecule is O=C(Nc1ccccc1Br)C1CC(=O)N(CCc2ccccc2)C1. The number of anilines is 1. The number of likely N-dealkylation sites (tertiary alicyclic amines) is 1. The first kappa shape index (κ1) is 16.7. The number of hydrogen-bond acceptors (Lipinski definition) is 2. The molecule has 4 nitrogen and oxygen atoms in total. The minimum atomic E-state index is -0.291. The maximum atomic E-state index is 12.4. The highest BCUT2D eigenvalue weighted by Crippen LogP contribution is 2.24. The lowest BCUT2D eigenvalue weighted by Gasteiger charge is -2.16. The molecule has 0 spiro atoms. The van der Waals surface area contributed by atoms with Gasteiger partial charge in [-0.15, -0.1) is 0 Å². The average molecular weight is 387 g/mol. The molecule has 1 aliphatic heterocycles. The van der Waals surface area contributed by atoms with E-state index in [4.69, 9.17) is 0 Å². The second-order valence-corrected chi connectivity index (χ2v) is 6.80. The van der Waals surface area contributed by atoms with Crippen molar-refractivity contribution in [1.29, 1.82) is 0 Å². The van der Waals surface area contributed by atoms with Gasteiger partial charge in [-0.3, -0.25) is 9.59 Å². The maximum Gasteiger partial charge on any atom is 0.229 e. The lowest BCUT2D eigenvalue weighted by atomic mass is 10.1. The fourth-order valence-corrected chi connectivity index (χ4v) is 3.25. The molecule has 2 aromatic carbocycles. The lowest BCUT2D eigenvalue weighted by Crippen LogP contribution is -2.30. The molecule has 1 unspecified atom stereocenters. The van der Waals surface area contributed by atoms with Gasteiger partial charge in [0.2, 0.25) is 11.8 Å². The molecule has 0 bridgehead atoms. The van der Waals surface area contributed by atoms with Crippen molar-refractivity contribution in [2.75, 3.05) is 18.4 Å². The Bertz CT molecular complexity index is 733. The van der Waals surface area contributed by atoms with Crippen molar-refractivity contribution in [3.63, 3.8) is 0 Å². The van der Waals surface area contributed by atoms with Crippen LogP contribution in [-0.2, 0) is 16.0 Å². The Labute approximate surface area is 150 Å². The van der Waals surface area contributed by atoms with Gasteiger partial charge in [-0.05, 0) is 40.0 Å². The van der Waals surface area contributed by atoms with Gasteiger partial charge in [-0.2, -0.15) is 0 Å². The zero-order chi connectivity index (χ0) is 16.9. The highest BCUT2D eigenvalue weighted by Gasteiger charge is 2.34. The number of carbonyl (C=O) groups is 2. The number of nitrogens with zero attached hydrogens (tertiary/aromatic N) is 1. The Morgan fingerprint density at radius 2 is 1.83 bits per heavy atom. The molecule has 1 atom stereocenters. The third-order valence-electron chi connectivity index (χ3n) is 4.23. The van der Waals surface area contributed by atoms with Gasteiger partial charge in [0.15, 0.2) is 0 Å². The molecule has 3 rings (SSSR count). The summed E-state index contributed by atoms with van der Waals surface area (Å²) in [5.41, 5.74) is 1.93. The summed E-state index contributed by atoms with van der Waals surface area (Å²) in [7, 11) is 0.